The number of carbonyl (C=O) groups excluding carboxylic acids is 1. The predicted octanol–water partition coefficient (Wildman–Crippen LogP) is 2.23. The van der Waals surface area contributed by atoms with E-state index in [1.54, 1.807) is 25.1 Å². The number of aliphatic hydroxyl groups is 1. The molecule has 1 rings (SSSR count). The van der Waals surface area contributed by atoms with E-state index < -0.39 is 6.10 Å². The maximum Gasteiger partial charge on any atom is 0.260 e. The summed E-state index contributed by atoms with van der Waals surface area (Å²) < 4.78 is 6.29. The van der Waals surface area contributed by atoms with Crippen LogP contribution in [0, 0.1) is 0 Å². The first-order valence-electron chi connectivity index (χ1n) is 5.80. The Kier molecular flexibility index (Phi) is 5.62. The summed E-state index contributed by atoms with van der Waals surface area (Å²) >= 11 is 3.35. The highest BCUT2D eigenvalue weighted by atomic mass is 79.9. The lowest BCUT2D eigenvalue weighted by Crippen LogP contribution is -2.40. The number of hydrogen-bond acceptors (Lipinski definition) is 3. The molecule has 0 fully saturated rings. The molecule has 4 nitrogen and oxygen atoms in total. The van der Waals surface area contributed by atoms with E-state index >= 15 is 0 Å². The zero-order valence-corrected chi connectivity index (χ0v) is 12.3. The second-order valence-electron chi connectivity index (χ2n) is 4.35. The van der Waals surface area contributed by atoms with Gasteiger partial charge in [0.1, 0.15) is 5.75 Å². The van der Waals surface area contributed by atoms with E-state index in [4.69, 9.17) is 9.84 Å². The van der Waals surface area contributed by atoms with Gasteiger partial charge in [-0.3, -0.25) is 4.79 Å². The Labute approximate surface area is 115 Å². The first-order valence-corrected chi connectivity index (χ1v) is 6.59. The van der Waals surface area contributed by atoms with Gasteiger partial charge in [0.05, 0.1) is 11.1 Å². The van der Waals surface area contributed by atoms with Crippen LogP contribution in [0.4, 0.5) is 0 Å². The van der Waals surface area contributed by atoms with E-state index in [9.17, 15) is 4.79 Å². The minimum Gasteiger partial charge on any atom is -0.480 e. The summed E-state index contributed by atoms with van der Waals surface area (Å²) in [6.45, 7) is 5.47. The van der Waals surface area contributed by atoms with Crippen molar-refractivity contribution >= 4 is 21.8 Å². The lowest BCUT2D eigenvalue weighted by atomic mass is 10.2. The number of rotatable bonds is 5. The molecule has 1 amide bonds. The van der Waals surface area contributed by atoms with Crippen molar-refractivity contribution in [2.75, 3.05) is 0 Å². The number of halogens is 1. The zero-order chi connectivity index (χ0) is 13.7. The molecule has 18 heavy (non-hydrogen) atoms. The number of hydrogen-bond donors (Lipinski definition) is 2. The molecular formula is C13H18BrNO3. The molecule has 0 spiro atoms. The number of benzene rings is 1. The van der Waals surface area contributed by atoms with Crippen LogP contribution in [0.1, 0.15) is 26.3 Å². The van der Waals surface area contributed by atoms with Crippen LogP contribution in [0.15, 0.2) is 22.7 Å². The van der Waals surface area contributed by atoms with Crippen LogP contribution < -0.4 is 10.1 Å². The Hall–Kier alpha value is -1.07. The quantitative estimate of drug-likeness (QED) is 0.876. The number of ether oxygens (including phenoxy) is 1. The maximum atomic E-state index is 11.7. The smallest absolute Gasteiger partial charge is 0.260 e. The van der Waals surface area contributed by atoms with Gasteiger partial charge in [-0.15, -0.1) is 0 Å². The molecule has 0 saturated heterocycles. The van der Waals surface area contributed by atoms with E-state index in [0.29, 0.717) is 5.75 Å². The molecule has 0 aromatic heterocycles. The Morgan fingerprint density at radius 1 is 1.44 bits per heavy atom. The summed E-state index contributed by atoms with van der Waals surface area (Å²) in [6.07, 6.45) is -0.566. The molecule has 100 valence electrons. The fraction of sp³-hybridized carbons (Fsp3) is 0.462. The van der Waals surface area contributed by atoms with Gasteiger partial charge in [0.15, 0.2) is 6.10 Å². The standard InChI is InChI=1S/C13H18BrNO3/c1-8(2)15-13(17)9(3)18-12-5-4-10(7-16)6-11(12)14/h4-6,8-9,16H,7H2,1-3H3,(H,15,17). The van der Waals surface area contributed by atoms with E-state index in [1.165, 1.54) is 0 Å². The van der Waals surface area contributed by atoms with Crippen molar-refractivity contribution in [3.05, 3.63) is 28.2 Å². The fourth-order valence-electron chi connectivity index (χ4n) is 1.38. The summed E-state index contributed by atoms with van der Waals surface area (Å²) in [5.41, 5.74) is 0.786. The molecule has 0 bridgehead atoms. The van der Waals surface area contributed by atoms with Crippen LogP contribution in [0.5, 0.6) is 5.75 Å². The highest BCUT2D eigenvalue weighted by Crippen LogP contribution is 2.27. The molecule has 0 saturated carbocycles. The molecule has 0 aliphatic carbocycles. The van der Waals surface area contributed by atoms with Gasteiger partial charge < -0.3 is 15.2 Å². The summed E-state index contributed by atoms with van der Waals surface area (Å²) in [4.78, 5) is 11.7. The SMILES string of the molecule is CC(C)NC(=O)C(C)Oc1ccc(CO)cc1Br. The van der Waals surface area contributed by atoms with E-state index in [2.05, 4.69) is 21.2 Å². The van der Waals surface area contributed by atoms with Crippen molar-refractivity contribution in [3.8, 4) is 5.75 Å². The van der Waals surface area contributed by atoms with Gasteiger partial charge in [0.2, 0.25) is 0 Å². The Morgan fingerprint density at radius 2 is 2.11 bits per heavy atom. The van der Waals surface area contributed by atoms with Gasteiger partial charge in [-0.2, -0.15) is 0 Å². The largest absolute Gasteiger partial charge is 0.480 e. The highest BCUT2D eigenvalue weighted by molar-refractivity contribution is 9.10. The van der Waals surface area contributed by atoms with Crippen molar-refractivity contribution in [2.45, 2.75) is 39.5 Å². The lowest BCUT2D eigenvalue weighted by molar-refractivity contribution is -0.127. The second-order valence-corrected chi connectivity index (χ2v) is 5.20. The number of carbonyl (C=O) groups is 1. The third kappa shape index (κ3) is 4.31. The maximum absolute atomic E-state index is 11.7. The topological polar surface area (TPSA) is 58.6 Å². The molecule has 1 atom stereocenters. The van der Waals surface area contributed by atoms with Gasteiger partial charge >= 0.3 is 0 Å². The molecule has 0 aliphatic heterocycles. The molecule has 2 N–H and O–H groups in total. The van der Waals surface area contributed by atoms with Gasteiger partial charge in [-0.25, -0.2) is 0 Å². The molecule has 1 aromatic carbocycles. The average molecular weight is 316 g/mol. The summed E-state index contributed by atoms with van der Waals surface area (Å²) in [6, 6.07) is 5.34. The van der Waals surface area contributed by atoms with Crippen LogP contribution in [-0.2, 0) is 11.4 Å². The van der Waals surface area contributed by atoms with Crippen molar-refractivity contribution in [1.82, 2.24) is 5.32 Å². The Balaban J connectivity index is 2.69. The average Bonchev–Trinajstić information content (AvgIpc) is 2.30. The number of nitrogens with one attached hydrogen (secondary N) is 1. The minimum absolute atomic E-state index is 0.0255. The molecule has 1 unspecified atom stereocenters. The molecule has 0 radical (unpaired) electrons. The van der Waals surface area contributed by atoms with Crippen molar-refractivity contribution < 1.29 is 14.6 Å². The molecule has 0 heterocycles. The van der Waals surface area contributed by atoms with Gasteiger partial charge in [0, 0.05) is 6.04 Å². The number of aliphatic hydroxyl groups excluding tert-OH is 1. The highest BCUT2D eigenvalue weighted by Gasteiger charge is 2.16. The van der Waals surface area contributed by atoms with Crippen LogP contribution in [0.3, 0.4) is 0 Å². The van der Waals surface area contributed by atoms with E-state index in [-0.39, 0.29) is 18.6 Å². The zero-order valence-electron chi connectivity index (χ0n) is 10.7. The fourth-order valence-corrected chi connectivity index (χ4v) is 1.90. The first kappa shape index (κ1) is 15.0. The molecular weight excluding hydrogens is 298 g/mol. The monoisotopic (exact) mass is 315 g/mol. The van der Waals surface area contributed by atoms with Crippen molar-refractivity contribution in [3.63, 3.8) is 0 Å². The Bertz CT molecular complexity index is 421. The number of amides is 1. The summed E-state index contributed by atoms with van der Waals surface area (Å²) in [5.74, 6) is 0.432. The van der Waals surface area contributed by atoms with Crippen molar-refractivity contribution in [1.29, 1.82) is 0 Å². The minimum atomic E-state index is -0.566. The first-order chi connectivity index (χ1) is 8.43. The normalized spacial score (nSPS) is 12.3. The molecule has 0 aliphatic rings. The lowest BCUT2D eigenvalue weighted by Gasteiger charge is -2.17. The van der Waals surface area contributed by atoms with Crippen LogP contribution in [-0.4, -0.2) is 23.2 Å². The third-order valence-electron chi connectivity index (χ3n) is 2.28. The van der Waals surface area contributed by atoms with Gasteiger partial charge in [0.25, 0.3) is 5.91 Å². The summed E-state index contributed by atoms with van der Waals surface area (Å²) in [7, 11) is 0. The van der Waals surface area contributed by atoms with Crippen LogP contribution >= 0.6 is 15.9 Å². The summed E-state index contributed by atoms with van der Waals surface area (Å²) in [5, 5.41) is 11.8. The van der Waals surface area contributed by atoms with E-state index in [1.807, 2.05) is 13.8 Å². The third-order valence-corrected chi connectivity index (χ3v) is 2.90. The second kappa shape index (κ2) is 6.75. The molecule has 5 heteroatoms. The van der Waals surface area contributed by atoms with Gasteiger partial charge in [-0.05, 0) is 54.4 Å². The Morgan fingerprint density at radius 3 is 2.61 bits per heavy atom. The molecule has 1 aromatic rings. The van der Waals surface area contributed by atoms with E-state index in [0.717, 1.165) is 10.0 Å². The van der Waals surface area contributed by atoms with Gasteiger partial charge in [-0.1, -0.05) is 6.07 Å². The van der Waals surface area contributed by atoms with Crippen LogP contribution in [0.2, 0.25) is 0 Å². The van der Waals surface area contributed by atoms with Crippen LogP contribution in [0.25, 0.3) is 0 Å². The van der Waals surface area contributed by atoms with Crippen molar-refractivity contribution in [2.24, 2.45) is 0 Å². The predicted molar refractivity (Wildman–Crippen MR) is 73.4 cm³/mol.